The first-order valence-electron chi connectivity index (χ1n) is 6.04. The van der Waals surface area contributed by atoms with Crippen molar-refractivity contribution in [3.8, 4) is 5.75 Å². The second-order valence-electron chi connectivity index (χ2n) is 4.18. The number of ether oxygens (including phenoxy) is 1. The van der Waals surface area contributed by atoms with Gasteiger partial charge in [0.05, 0.1) is 12.6 Å². The number of benzene rings is 1. The van der Waals surface area contributed by atoms with Crippen LogP contribution in [0.1, 0.15) is 0 Å². The molecule has 0 aliphatic carbocycles. The van der Waals surface area contributed by atoms with Gasteiger partial charge in [-0.25, -0.2) is 9.97 Å². The monoisotopic (exact) mass is 267 g/mol. The molecule has 3 N–H and O–H groups in total. The predicted octanol–water partition coefficient (Wildman–Crippen LogP) is 2.36. The largest absolute Gasteiger partial charge is 0.490 e. The first-order valence-corrected chi connectivity index (χ1v) is 6.04. The Morgan fingerprint density at radius 2 is 2.05 bits per heavy atom. The van der Waals surface area contributed by atoms with E-state index < -0.39 is 0 Å². The molecule has 0 unspecified atom stereocenters. The minimum absolute atomic E-state index is 0.299. The lowest BCUT2D eigenvalue weighted by Gasteiger charge is -2.11. The maximum absolute atomic E-state index is 5.75. The number of nitrogens with zero attached hydrogens (tertiary/aromatic N) is 3. The van der Waals surface area contributed by atoms with Crippen LogP contribution in [0.25, 0.3) is 10.9 Å². The van der Waals surface area contributed by atoms with E-state index in [9.17, 15) is 0 Å². The number of hydrogen-bond acceptors (Lipinski definition) is 6. The quantitative estimate of drug-likeness (QED) is 0.757. The second kappa shape index (κ2) is 5.00. The number of rotatable bonds is 3. The van der Waals surface area contributed by atoms with Gasteiger partial charge in [0, 0.05) is 17.3 Å². The molecule has 6 nitrogen and oxygen atoms in total. The molecular weight excluding hydrogens is 254 g/mol. The summed E-state index contributed by atoms with van der Waals surface area (Å²) in [6, 6.07) is 9.75. The zero-order valence-corrected chi connectivity index (χ0v) is 10.9. The predicted molar refractivity (Wildman–Crippen MR) is 78.0 cm³/mol. The molecule has 1 aromatic carbocycles. The van der Waals surface area contributed by atoms with E-state index in [0.29, 0.717) is 17.4 Å². The number of aromatic nitrogens is 3. The molecule has 0 bridgehead atoms. The Morgan fingerprint density at radius 1 is 1.15 bits per heavy atom. The molecule has 0 atom stereocenters. The second-order valence-corrected chi connectivity index (χ2v) is 4.18. The van der Waals surface area contributed by atoms with Gasteiger partial charge in [0.15, 0.2) is 11.6 Å². The molecule has 0 aliphatic heterocycles. The number of hydrogen-bond donors (Lipinski definition) is 2. The van der Waals surface area contributed by atoms with Crippen LogP contribution in [-0.2, 0) is 0 Å². The van der Waals surface area contributed by atoms with Crippen LogP contribution in [0, 0.1) is 0 Å². The van der Waals surface area contributed by atoms with Crippen molar-refractivity contribution in [2.75, 3.05) is 18.2 Å². The van der Waals surface area contributed by atoms with Crippen LogP contribution in [0.5, 0.6) is 5.75 Å². The molecular formula is C14H13N5O. The average molecular weight is 267 g/mol. The van der Waals surface area contributed by atoms with E-state index in [4.69, 9.17) is 10.5 Å². The molecule has 0 radical (unpaired) electrons. The SMILES string of the molecule is COc1c(N)ncnc1Nc1ccc2ncccc2c1. The fourth-order valence-electron chi connectivity index (χ4n) is 1.97. The van der Waals surface area contributed by atoms with Crippen molar-refractivity contribution in [2.24, 2.45) is 0 Å². The van der Waals surface area contributed by atoms with Crippen molar-refractivity contribution in [1.29, 1.82) is 0 Å². The summed E-state index contributed by atoms with van der Waals surface area (Å²) in [5.74, 6) is 1.26. The van der Waals surface area contributed by atoms with Gasteiger partial charge in [0.1, 0.15) is 6.33 Å². The Labute approximate surface area is 115 Å². The minimum atomic E-state index is 0.299. The van der Waals surface area contributed by atoms with Crippen molar-refractivity contribution < 1.29 is 4.74 Å². The summed E-state index contributed by atoms with van der Waals surface area (Å²) in [6.45, 7) is 0. The zero-order valence-electron chi connectivity index (χ0n) is 10.9. The Balaban J connectivity index is 1.99. The summed E-state index contributed by atoms with van der Waals surface area (Å²) in [5.41, 5.74) is 7.56. The average Bonchev–Trinajstić information content (AvgIpc) is 2.47. The lowest BCUT2D eigenvalue weighted by Crippen LogP contribution is -2.02. The van der Waals surface area contributed by atoms with Gasteiger partial charge in [-0.05, 0) is 24.3 Å². The van der Waals surface area contributed by atoms with Crippen LogP contribution in [0.3, 0.4) is 0 Å². The normalized spacial score (nSPS) is 10.4. The molecule has 2 heterocycles. The van der Waals surface area contributed by atoms with E-state index in [0.717, 1.165) is 16.6 Å². The highest BCUT2D eigenvalue weighted by Crippen LogP contribution is 2.29. The lowest BCUT2D eigenvalue weighted by atomic mass is 10.2. The van der Waals surface area contributed by atoms with Crippen LogP contribution in [0.4, 0.5) is 17.3 Å². The molecule has 0 spiro atoms. The van der Waals surface area contributed by atoms with Gasteiger partial charge >= 0.3 is 0 Å². The molecule has 20 heavy (non-hydrogen) atoms. The van der Waals surface area contributed by atoms with Crippen molar-refractivity contribution in [1.82, 2.24) is 15.0 Å². The molecule has 3 aromatic rings. The van der Waals surface area contributed by atoms with Gasteiger partial charge in [-0.1, -0.05) is 6.07 Å². The summed E-state index contributed by atoms with van der Waals surface area (Å²) in [7, 11) is 1.53. The van der Waals surface area contributed by atoms with Crippen molar-refractivity contribution in [3.05, 3.63) is 42.9 Å². The first-order chi connectivity index (χ1) is 9.78. The molecule has 0 aliphatic rings. The first kappa shape index (κ1) is 12.2. The van der Waals surface area contributed by atoms with Crippen LogP contribution < -0.4 is 15.8 Å². The minimum Gasteiger partial charge on any atom is -0.490 e. The fraction of sp³-hybridized carbons (Fsp3) is 0.0714. The Kier molecular flexibility index (Phi) is 3.04. The highest BCUT2D eigenvalue weighted by molar-refractivity contribution is 5.83. The van der Waals surface area contributed by atoms with E-state index in [1.807, 2.05) is 30.3 Å². The fourth-order valence-corrected chi connectivity index (χ4v) is 1.97. The van der Waals surface area contributed by atoms with Gasteiger partial charge in [-0.3, -0.25) is 4.98 Å². The summed E-state index contributed by atoms with van der Waals surface area (Å²) in [6.07, 6.45) is 3.16. The van der Waals surface area contributed by atoms with E-state index in [1.165, 1.54) is 13.4 Å². The summed E-state index contributed by atoms with van der Waals surface area (Å²) in [4.78, 5) is 12.3. The zero-order chi connectivity index (χ0) is 13.9. The molecule has 0 amide bonds. The van der Waals surface area contributed by atoms with Gasteiger partial charge in [-0.2, -0.15) is 0 Å². The number of nitrogens with one attached hydrogen (secondary N) is 1. The third-order valence-corrected chi connectivity index (χ3v) is 2.90. The number of anilines is 3. The van der Waals surface area contributed by atoms with E-state index in [1.54, 1.807) is 6.20 Å². The van der Waals surface area contributed by atoms with Crippen LogP contribution in [-0.4, -0.2) is 22.1 Å². The Bertz CT molecular complexity index is 759. The van der Waals surface area contributed by atoms with Crippen LogP contribution in [0.2, 0.25) is 0 Å². The summed E-state index contributed by atoms with van der Waals surface area (Å²) in [5, 5.41) is 4.21. The third-order valence-electron chi connectivity index (χ3n) is 2.90. The molecule has 6 heteroatoms. The maximum Gasteiger partial charge on any atom is 0.204 e. The van der Waals surface area contributed by atoms with Gasteiger partial charge in [-0.15, -0.1) is 0 Å². The smallest absolute Gasteiger partial charge is 0.204 e. The standard InChI is InChI=1S/C14H13N5O/c1-20-12-13(15)17-8-18-14(12)19-10-4-5-11-9(7-10)3-2-6-16-11/h2-8H,1H3,(H3,15,17,18,19). The third kappa shape index (κ3) is 2.18. The maximum atomic E-state index is 5.75. The number of pyridine rings is 1. The van der Waals surface area contributed by atoms with E-state index in [2.05, 4.69) is 20.3 Å². The van der Waals surface area contributed by atoms with E-state index >= 15 is 0 Å². The number of nitrogen functional groups attached to an aromatic ring is 1. The van der Waals surface area contributed by atoms with Crippen molar-refractivity contribution >= 4 is 28.2 Å². The van der Waals surface area contributed by atoms with Gasteiger partial charge < -0.3 is 15.8 Å². The summed E-state index contributed by atoms with van der Waals surface area (Å²) >= 11 is 0. The Morgan fingerprint density at radius 3 is 2.90 bits per heavy atom. The topological polar surface area (TPSA) is 86.0 Å². The van der Waals surface area contributed by atoms with Crippen molar-refractivity contribution in [3.63, 3.8) is 0 Å². The van der Waals surface area contributed by atoms with Crippen LogP contribution in [0.15, 0.2) is 42.9 Å². The number of methoxy groups -OCH3 is 1. The molecule has 3 rings (SSSR count). The number of fused-ring (bicyclic) bond motifs is 1. The summed E-state index contributed by atoms with van der Waals surface area (Å²) < 4.78 is 5.21. The van der Waals surface area contributed by atoms with Gasteiger partial charge in [0.2, 0.25) is 5.75 Å². The highest BCUT2D eigenvalue weighted by atomic mass is 16.5. The Hall–Kier alpha value is -2.89. The molecule has 100 valence electrons. The van der Waals surface area contributed by atoms with Crippen molar-refractivity contribution in [2.45, 2.75) is 0 Å². The molecule has 2 aromatic heterocycles. The number of nitrogens with two attached hydrogens (primary N) is 1. The highest BCUT2D eigenvalue weighted by Gasteiger charge is 2.09. The molecule has 0 saturated carbocycles. The van der Waals surface area contributed by atoms with Gasteiger partial charge in [0.25, 0.3) is 0 Å². The molecule has 0 saturated heterocycles. The lowest BCUT2D eigenvalue weighted by molar-refractivity contribution is 0.415. The van der Waals surface area contributed by atoms with Crippen LogP contribution >= 0.6 is 0 Å². The van der Waals surface area contributed by atoms with E-state index in [-0.39, 0.29) is 0 Å². The molecule has 0 fully saturated rings.